The molecule has 0 heterocycles. The van der Waals surface area contributed by atoms with Gasteiger partial charge in [-0.3, -0.25) is 20.4 Å². The Morgan fingerprint density at radius 1 is 1.13 bits per heavy atom. The summed E-state index contributed by atoms with van der Waals surface area (Å²) in [6.45, 7) is 10.0. The van der Waals surface area contributed by atoms with Crippen LogP contribution in [0.3, 0.4) is 0 Å². The molecule has 0 aromatic heterocycles. The van der Waals surface area contributed by atoms with Gasteiger partial charge in [0.1, 0.15) is 6.04 Å². The van der Waals surface area contributed by atoms with Crippen LogP contribution in [0, 0.1) is 13.5 Å². The molecule has 2 atom stereocenters. The van der Waals surface area contributed by atoms with Gasteiger partial charge in [0.15, 0.2) is 0 Å². The van der Waals surface area contributed by atoms with Gasteiger partial charge in [0.2, 0.25) is 5.69 Å². The smallest absolute Gasteiger partial charge is 0.391 e. The van der Waals surface area contributed by atoms with E-state index in [0.29, 0.717) is 11.3 Å². The molecule has 2 rings (SSSR count). The number of anilines is 1. The minimum atomic E-state index is -4.53. The van der Waals surface area contributed by atoms with E-state index in [1.807, 2.05) is 0 Å². The van der Waals surface area contributed by atoms with Crippen molar-refractivity contribution in [1.82, 2.24) is 10.9 Å². The maximum atomic E-state index is 12.6. The molecule has 0 unspecified atom stereocenters. The van der Waals surface area contributed by atoms with Crippen molar-refractivity contribution in [3.8, 4) is 0 Å². The molecule has 4 N–H and O–H groups in total. The maximum absolute atomic E-state index is 12.6. The summed E-state index contributed by atoms with van der Waals surface area (Å²) >= 11 is 6.11. The lowest BCUT2D eigenvalue weighted by atomic mass is 10.1. The normalized spacial score (nSPS) is 13.0. The van der Waals surface area contributed by atoms with Crippen LogP contribution in [0.2, 0.25) is 5.02 Å². The second-order valence-corrected chi connectivity index (χ2v) is 6.94. The number of alkyl halides is 3. The van der Waals surface area contributed by atoms with E-state index in [9.17, 15) is 27.9 Å². The summed E-state index contributed by atoms with van der Waals surface area (Å²) in [4.78, 5) is 27.8. The lowest BCUT2D eigenvalue weighted by Crippen LogP contribution is -2.52. The van der Waals surface area contributed by atoms with Crippen LogP contribution >= 0.6 is 11.6 Å². The van der Waals surface area contributed by atoms with Gasteiger partial charge in [0, 0.05) is 11.3 Å². The van der Waals surface area contributed by atoms with Gasteiger partial charge in [-0.25, -0.2) is 4.85 Å². The SMILES string of the molecule is [C-]#[N+]c1ccc(N[C@@H](C(=O)NNC(=O)c2ccc(C(F)(F)F)cc2)[C@H](C)O)c(C)c1Cl. The van der Waals surface area contributed by atoms with Crippen molar-refractivity contribution in [2.75, 3.05) is 5.32 Å². The van der Waals surface area contributed by atoms with Gasteiger partial charge in [-0.15, -0.1) is 0 Å². The molecule has 0 bridgehead atoms. The van der Waals surface area contributed by atoms with Gasteiger partial charge in [0.05, 0.1) is 23.3 Å². The third-order valence-corrected chi connectivity index (χ3v) is 4.81. The number of nitrogens with one attached hydrogen (secondary N) is 3. The van der Waals surface area contributed by atoms with Crippen molar-refractivity contribution in [1.29, 1.82) is 0 Å². The molecule has 7 nitrogen and oxygen atoms in total. The number of carbonyl (C=O) groups is 2. The van der Waals surface area contributed by atoms with Crippen molar-refractivity contribution in [2.45, 2.75) is 32.2 Å². The first-order valence-corrected chi connectivity index (χ1v) is 9.22. The summed E-state index contributed by atoms with van der Waals surface area (Å²) in [6.07, 6.45) is -5.73. The van der Waals surface area contributed by atoms with Crippen LogP contribution in [0.1, 0.15) is 28.4 Å². The van der Waals surface area contributed by atoms with Crippen molar-refractivity contribution >= 4 is 34.8 Å². The van der Waals surface area contributed by atoms with Crippen molar-refractivity contribution in [3.63, 3.8) is 0 Å². The van der Waals surface area contributed by atoms with Crippen molar-refractivity contribution < 1.29 is 27.9 Å². The predicted molar refractivity (Wildman–Crippen MR) is 109 cm³/mol. The highest BCUT2D eigenvalue weighted by molar-refractivity contribution is 6.34. The first kappa shape index (κ1) is 24.0. The van der Waals surface area contributed by atoms with E-state index in [4.69, 9.17) is 18.2 Å². The molecule has 0 aliphatic heterocycles. The minimum absolute atomic E-state index is 0.104. The van der Waals surface area contributed by atoms with Crippen LogP contribution < -0.4 is 16.2 Å². The largest absolute Gasteiger partial charge is 0.416 e. The van der Waals surface area contributed by atoms with Gasteiger partial charge in [-0.1, -0.05) is 17.7 Å². The number of carbonyl (C=O) groups excluding carboxylic acids is 2. The van der Waals surface area contributed by atoms with Gasteiger partial charge in [-0.2, -0.15) is 13.2 Å². The Bertz CT molecular complexity index is 1020. The number of halogens is 4. The van der Waals surface area contributed by atoms with Gasteiger partial charge >= 0.3 is 6.18 Å². The molecule has 31 heavy (non-hydrogen) atoms. The Hall–Kier alpha value is -3.29. The van der Waals surface area contributed by atoms with E-state index in [0.717, 1.165) is 24.3 Å². The number of amides is 2. The summed E-state index contributed by atoms with van der Waals surface area (Å²) in [7, 11) is 0. The first-order valence-electron chi connectivity index (χ1n) is 8.84. The Kier molecular flexibility index (Phi) is 7.49. The highest BCUT2D eigenvalue weighted by atomic mass is 35.5. The third-order valence-electron chi connectivity index (χ3n) is 4.34. The zero-order valence-electron chi connectivity index (χ0n) is 16.3. The number of benzene rings is 2. The van der Waals surface area contributed by atoms with E-state index in [-0.39, 0.29) is 16.3 Å². The van der Waals surface area contributed by atoms with E-state index in [1.165, 1.54) is 19.1 Å². The Balaban J connectivity index is 2.07. The Morgan fingerprint density at radius 2 is 1.74 bits per heavy atom. The Morgan fingerprint density at radius 3 is 2.26 bits per heavy atom. The molecular formula is C20H18ClF3N4O3. The molecule has 2 aromatic rings. The van der Waals surface area contributed by atoms with Crippen LogP contribution in [0.5, 0.6) is 0 Å². The summed E-state index contributed by atoms with van der Waals surface area (Å²) in [5.74, 6) is -1.65. The zero-order chi connectivity index (χ0) is 23.3. The quantitative estimate of drug-likeness (QED) is 0.408. The molecule has 0 spiro atoms. The highest BCUT2D eigenvalue weighted by Gasteiger charge is 2.30. The highest BCUT2D eigenvalue weighted by Crippen LogP contribution is 2.33. The molecule has 11 heteroatoms. The van der Waals surface area contributed by atoms with Gasteiger partial charge in [-0.05, 0) is 49.7 Å². The molecule has 0 radical (unpaired) electrons. The zero-order valence-corrected chi connectivity index (χ0v) is 17.1. The lowest BCUT2D eigenvalue weighted by molar-refractivity contribution is -0.137. The molecule has 164 valence electrons. The molecule has 0 saturated carbocycles. The monoisotopic (exact) mass is 454 g/mol. The molecule has 2 amide bonds. The average Bonchev–Trinajstić information content (AvgIpc) is 2.72. The minimum Gasteiger partial charge on any atom is -0.391 e. The summed E-state index contributed by atoms with van der Waals surface area (Å²) in [5.41, 5.74) is 4.30. The van der Waals surface area contributed by atoms with E-state index in [1.54, 1.807) is 6.92 Å². The van der Waals surface area contributed by atoms with E-state index >= 15 is 0 Å². The second-order valence-electron chi connectivity index (χ2n) is 6.56. The molecule has 2 aromatic carbocycles. The number of aliphatic hydroxyl groups is 1. The molecule has 0 aliphatic carbocycles. The fourth-order valence-electron chi connectivity index (χ4n) is 2.57. The standard InChI is InChI=1S/C20H18ClF3N4O3/c1-10-14(8-9-15(25-3)16(10)21)26-17(11(2)29)19(31)28-27-18(30)12-4-6-13(7-5-12)20(22,23)24/h4-9,11,17,26,29H,1-2H3,(H,27,30)(H,28,31)/t11-,17+/m0/s1. The number of hydrazine groups is 1. The number of nitrogens with zero attached hydrogens (tertiary/aromatic N) is 1. The Labute approximate surface area is 181 Å². The average molecular weight is 455 g/mol. The predicted octanol–water partition coefficient (Wildman–Crippen LogP) is 3.84. The second kappa shape index (κ2) is 9.68. The summed E-state index contributed by atoms with van der Waals surface area (Å²) in [6, 6.07) is 5.21. The van der Waals surface area contributed by atoms with Crippen molar-refractivity contribution in [3.05, 3.63) is 69.5 Å². The molecular weight excluding hydrogens is 437 g/mol. The van der Waals surface area contributed by atoms with Crippen LogP contribution in [0.4, 0.5) is 24.5 Å². The van der Waals surface area contributed by atoms with E-state index in [2.05, 4.69) is 21.0 Å². The fourth-order valence-corrected chi connectivity index (χ4v) is 2.77. The number of hydrogen-bond acceptors (Lipinski definition) is 4. The number of aliphatic hydroxyl groups excluding tert-OH is 1. The summed E-state index contributed by atoms with van der Waals surface area (Å²) < 4.78 is 37.8. The first-order chi connectivity index (χ1) is 14.5. The maximum Gasteiger partial charge on any atom is 0.416 e. The van der Waals surface area contributed by atoms with Crippen LogP contribution in [-0.4, -0.2) is 29.1 Å². The van der Waals surface area contributed by atoms with Gasteiger partial charge in [0.25, 0.3) is 11.8 Å². The van der Waals surface area contributed by atoms with Crippen molar-refractivity contribution in [2.24, 2.45) is 0 Å². The van der Waals surface area contributed by atoms with Crippen LogP contribution in [0.25, 0.3) is 4.85 Å². The molecule has 0 saturated heterocycles. The number of hydrogen-bond donors (Lipinski definition) is 4. The lowest BCUT2D eigenvalue weighted by Gasteiger charge is -2.23. The number of rotatable bonds is 5. The van der Waals surface area contributed by atoms with Crippen LogP contribution in [-0.2, 0) is 11.0 Å². The molecule has 0 aliphatic rings. The fraction of sp³-hybridized carbons (Fsp3) is 0.250. The topological polar surface area (TPSA) is 94.8 Å². The summed E-state index contributed by atoms with van der Waals surface area (Å²) in [5, 5.41) is 13.0. The van der Waals surface area contributed by atoms with E-state index < -0.39 is 35.7 Å². The van der Waals surface area contributed by atoms with Gasteiger partial charge < -0.3 is 10.4 Å². The molecule has 0 fully saturated rings. The third kappa shape index (κ3) is 5.87. The van der Waals surface area contributed by atoms with Crippen LogP contribution in [0.15, 0.2) is 36.4 Å².